The summed E-state index contributed by atoms with van der Waals surface area (Å²) in [4.78, 5) is 25.2. The zero-order valence-corrected chi connectivity index (χ0v) is 18.7. The highest BCUT2D eigenvalue weighted by molar-refractivity contribution is 9.10. The number of amides is 2. The van der Waals surface area contributed by atoms with Crippen LogP contribution in [0.4, 0.5) is 5.69 Å². The van der Waals surface area contributed by atoms with E-state index >= 15 is 0 Å². The van der Waals surface area contributed by atoms with Crippen LogP contribution in [0.25, 0.3) is 0 Å². The molecule has 0 heterocycles. The smallest absolute Gasteiger partial charge is 0.257 e. The SMILES string of the molecule is Cc1ccc(C(=O)NC(=S)Nc2ccccc2C(=O)NC2CCCCC2)cc1Br. The molecule has 0 saturated heterocycles. The third-order valence-electron chi connectivity index (χ3n) is 5.02. The van der Waals surface area contributed by atoms with Crippen molar-refractivity contribution in [1.82, 2.24) is 10.6 Å². The molecule has 2 amide bonds. The number of carbonyl (C=O) groups excluding carboxylic acids is 2. The first-order valence-corrected chi connectivity index (χ1v) is 10.9. The van der Waals surface area contributed by atoms with Gasteiger partial charge in [-0.25, -0.2) is 0 Å². The van der Waals surface area contributed by atoms with Gasteiger partial charge in [-0.15, -0.1) is 0 Å². The Bertz CT molecular complexity index is 926. The minimum Gasteiger partial charge on any atom is -0.349 e. The third-order valence-corrected chi connectivity index (χ3v) is 6.08. The standard InChI is InChI=1S/C22H24BrN3O2S/c1-14-11-12-15(13-18(14)23)20(27)26-22(29)25-19-10-6-5-9-17(19)21(28)24-16-7-3-2-4-8-16/h5-6,9-13,16H,2-4,7-8H2,1H3,(H,24,28)(H2,25,26,27,29). The molecule has 0 radical (unpaired) electrons. The Morgan fingerprint density at radius 3 is 2.48 bits per heavy atom. The molecule has 1 aliphatic carbocycles. The molecule has 0 aliphatic heterocycles. The van der Waals surface area contributed by atoms with Gasteiger partial charge in [-0.1, -0.05) is 53.4 Å². The van der Waals surface area contributed by atoms with Crippen molar-refractivity contribution in [2.75, 3.05) is 5.32 Å². The summed E-state index contributed by atoms with van der Waals surface area (Å²) in [7, 11) is 0. The van der Waals surface area contributed by atoms with Crippen LogP contribution in [0, 0.1) is 6.92 Å². The first-order valence-electron chi connectivity index (χ1n) is 9.72. The minimum atomic E-state index is -0.313. The maximum Gasteiger partial charge on any atom is 0.257 e. The average molecular weight is 474 g/mol. The van der Waals surface area contributed by atoms with E-state index in [-0.39, 0.29) is 23.0 Å². The molecule has 0 unspecified atom stereocenters. The number of anilines is 1. The van der Waals surface area contributed by atoms with Crippen LogP contribution in [-0.2, 0) is 0 Å². The summed E-state index contributed by atoms with van der Waals surface area (Å²) in [6.45, 7) is 1.95. The molecule has 0 aromatic heterocycles. The highest BCUT2D eigenvalue weighted by Gasteiger charge is 2.19. The van der Waals surface area contributed by atoms with Crippen molar-refractivity contribution in [3.63, 3.8) is 0 Å². The predicted octanol–water partition coefficient (Wildman–Crippen LogP) is 4.95. The molecule has 29 heavy (non-hydrogen) atoms. The van der Waals surface area contributed by atoms with Gasteiger partial charge in [0.25, 0.3) is 11.8 Å². The normalized spacial score (nSPS) is 14.1. The van der Waals surface area contributed by atoms with Crippen molar-refractivity contribution in [3.8, 4) is 0 Å². The molecule has 1 aliphatic rings. The second kappa shape index (κ2) is 9.98. The highest BCUT2D eigenvalue weighted by Crippen LogP contribution is 2.20. The van der Waals surface area contributed by atoms with Gasteiger partial charge in [0.05, 0.1) is 11.3 Å². The van der Waals surface area contributed by atoms with Gasteiger partial charge in [-0.05, 0) is 61.8 Å². The Labute approximate surface area is 184 Å². The van der Waals surface area contributed by atoms with Gasteiger partial charge in [0.15, 0.2) is 5.11 Å². The number of rotatable bonds is 4. The zero-order chi connectivity index (χ0) is 20.8. The lowest BCUT2D eigenvalue weighted by molar-refractivity contribution is 0.0927. The average Bonchev–Trinajstić information content (AvgIpc) is 2.71. The summed E-state index contributed by atoms with van der Waals surface area (Å²) in [5.74, 6) is -0.441. The van der Waals surface area contributed by atoms with E-state index in [9.17, 15) is 9.59 Å². The van der Waals surface area contributed by atoms with E-state index in [1.165, 1.54) is 6.42 Å². The van der Waals surface area contributed by atoms with Gasteiger partial charge in [-0.2, -0.15) is 0 Å². The van der Waals surface area contributed by atoms with Crippen LogP contribution in [0.1, 0.15) is 58.4 Å². The molecule has 1 saturated carbocycles. The molecule has 7 heteroatoms. The number of aryl methyl sites for hydroxylation is 1. The van der Waals surface area contributed by atoms with E-state index in [1.54, 1.807) is 24.3 Å². The number of hydrogen-bond donors (Lipinski definition) is 3. The maximum atomic E-state index is 12.7. The van der Waals surface area contributed by atoms with Crippen molar-refractivity contribution in [2.45, 2.75) is 45.1 Å². The van der Waals surface area contributed by atoms with Gasteiger partial charge in [-0.3, -0.25) is 14.9 Å². The molecular formula is C22H24BrN3O2S. The summed E-state index contributed by atoms with van der Waals surface area (Å²) in [6, 6.07) is 12.7. The number of para-hydroxylation sites is 1. The summed E-state index contributed by atoms with van der Waals surface area (Å²) in [6.07, 6.45) is 5.56. The Morgan fingerprint density at radius 1 is 1.03 bits per heavy atom. The van der Waals surface area contributed by atoms with Gasteiger partial charge >= 0.3 is 0 Å². The van der Waals surface area contributed by atoms with Crippen LogP contribution in [0.15, 0.2) is 46.9 Å². The van der Waals surface area contributed by atoms with E-state index in [2.05, 4.69) is 31.9 Å². The van der Waals surface area contributed by atoms with Crippen LogP contribution < -0.4 is 16.0 Å². The van der Waals surface area contributed by atoms with Crippen LogP contribution in [0.5, 0.6) is 0 Å². The van der Waals surface area contributed by atoms with Crippen molar-refractivity contribution in [3.05, 3.63) is 63.6 Å². The molecule has 3 rings (SSSR count). The largest absolute Gasteiger partial charge is 0.349 e. The first kappa shape index (κ1) is 21.5. The van der Waals surface area contributed by atoms with Crippen molar-refractivity contribution < 1.29 is 9.59 Å². The monoisotopic (exact) mass is 473 g/mol. The number of thiocarbonyl (C=S) groups is 1. The number of carbonyl (C=O) groups is 2. The molecular weight excluding hydrogens is 450 g/mol. The zero-order valence-electron chi connectivity index (χ0n) is 16.3. The predicted molar refractivity (Wildman–Crippen MR) is 123 cm³/mol. The van der Waals surface area contributed by atoms with E-state index in [0.29, 0.717) is 16.8 Å². The minimum absolute atomic E-state index is 0.128. The Balaban J connectivity index is 1.64. The molecule has 0 bridgehead atoms. The van der Waals surface area contributed by atoms with E-state index in [4.69, 9.17) is 12.2 Å². The number of nitrogens with one attached hydrogen (secondary N) is 3. The second-order valence-corrected chi connectivity index (χ2v) is 8.49. The van der Waals surface area contributed by atoms with E-state index < -0.39 is 0 Å². The Kier molecular flexibility index (Phi) is 7.39. The fourth-order valence-electron chi connectivity index (χ4n) is 3.36. The molecule has 152 valence electrons. The van der Waals surface area contributed by atoms with Crippen molar-refractivity contribution >= 4 is 50.8 Å². The summed E-state index contributed by atoms with van der Waals surface area (Å²) < 4.78 is 0.855. The summed E-state index contributed by atoms with van der Waals surface area (Å²) in [5, 5.41) is 8.91. The van der Waals surface area contributed by atoms with Gasteiger partial charge in [0.2, 0.25) is 0 Å². The summed E-state index contributed by atoms with van der Waals surface area (Å²) >= 11 is 8.72. The summed E-state index contributed by atoms with van der Waals surface area (Å²) in [5.41, 5.74) is 2.61. The maximum absolute atomic E-state index is 12.7. The Morgan fingerprint density at radius 2 is 1.76 bits per heavy atom. The lowest BCUT2D eigenvalue weighted by Crippen LogP contribution is -2.37. The molecule has 3 N–H and O–H groups in total. The molecule has 1 fully saturated rings. The number of hydrogen-bond acceptors (Lipinski definition) is 3. The fourth-order valence-corrected chi connectivity index (χ4v) is 3.94. The Hall–Kier alpha value is -2.25. The first-order chi connectivity index (χ1) is 13.9. The molecule has 2 aromatic rings. The number of halogens is 1. The third kappa shape index (κ3) is 5.87. The van der Waals surface area contributed by atoms with Gasteiger partial charge in [0.1, 0.15) is 0 Å². The van der Waals surface area contributed by atoms with Crippen molar-refractivity contribution in [1.29, 1.82) is 0 Å². The lowest BCUT2D eigenvalue weighted by Gasteiger charge is -2.23. The molecule has 0 atom stereocenters. The molecule has 0 spiro atoms. The van der Waals surface area contributed by atoms with Crippen molar-refractivity contribution in [2.24, 2.45) is 0 Å². The van der Waals surface area contributed by atoms with Crippen LogP contribution in [-0.4, -0.2) is 23.0 Å². The molecule has 5 nitrogen and oxygen atoms in total. The fraction of sp³-hybridized carbons (Fsp3) is 0.318. The number of benzene rings is 2. The van der Waals surface area contributed by atoms with Crippen LogP contribution >= 0.6 is 28.1 Å². The quantitative estimate of drug-likeness (QED) is 0.549. The lowest BCUT2D eigenvalue weighted by atomic mass is 9.95. The van der Waals surface area contributed by atoms with E-state index in [1.807, 2.05) is 25.1 Å². The second-order valence-electron chi connectivity index (χ2n) is 7.23. The van der Waals surface area contributed by atoms with E-state index in [0.717, 1.165) is 35.7 Å². The van der Waals surface area contributed by atoms with Gasteiger partial charge < -0.3 is 10.6 Å². The van der Waals surface area contributed by atoms with Crippen LogP contribution in [0.3, 0.4) is 0 Å². The highest BCUT2D eigenvalue weighted by atomic mass is 79.9. The van der Waals surface area contributed by atoms with Gasteiger partial charge in [0, 0.05) is 16.1 Å². The molecule has 2 aromatic carbocycles. The van der Waals surface area contributed by atoms with Crippen LogP contribution in [0.2, 0.25) is 0 Å². The topological polar surface area (TPSA) is 70.2 Å².